The highest BCUT2D eigenvalue weighted by Gasteiger charge is 2.34. The highest BCUT2D eigenvalue weighted by atomic mass is 32.2. The van der Waals surface area contributed by atoms with Gasteiger partial charge in [0.05, 0.1) is 6.20 Å². The van der Waals surface area contributed by atoms with Crippen LogP contribution in [0.2, 0.25) is 0 Å². The van der Waals surface area contributed by atoms with E-state index in [-0.39, 0.29) is 5.91 Å². The maximum atomic E-state index is 12.5. The smallest absolute Gasteiger partial charge is 0.251 e. The van der Waals surface area contributed by atoms with Crippen molar-refractivity contribution < 1.29 is 9.21 Å². The van der Waals surface area contributed by atoms with E-state index in [2.05, 4.69) is 15.2 Å². The molecule has 3 saturated heterocycles. The Morgan fingerprint density at radius 3 is 2.65 bits per heavy atom. The molecular weight excluding hydrogens is 310 g/mol. The molecule has 3 aliphatic heterocycles. The van der Waals surface area contributed by atoms with E-state index in [0.717, 1.165) is 16.5 Å². The van der Waals surface area contributed by atoms with E-state index in [4.69, 9.17) is 4.42 Å². The number of rotatable bonds is 4. The normalized spacial score (nSPS) is 26.2. The number of carbonyl (C=O) groups excluding carboxylic acids is 1. The van der Waals surface area contributed by atoms with E-state index < -0.39 is 0 Å². The van der Waals surface area contributed by atoms with Crippen LogP contribution < -0.4 is 5.32 Å². The third-order valence-electron chi connectivity index (χ3n) is 4.72. The molecule has 0 saturated carbocycles. The number of nitrogens with one attached hydrogen (secondary N) is 1. The third-order valence-corrected chi connectivity index (χ3v) is 5.63. The number of hydrogen-bond acceptors (Lipinski definition) is 5. The molecule has 1 unspecified atom stereocenters. The first kappa shape index (κ1) is 14.8. The van der Waals surface area contributed by atoms with Gasteiger partial charge < -0.3 is 14.6 Å². The van der Waals surface area contributed by atoms with Crippen LogP contribution in [0, 0.1) is 5.92 Å². The Hall–Kier alpha value is -1.79. The van der Waals surface area contributed by atoms with Crippen molar-refractivity contribution in [3.63, 3.8) is 0 Å². The fourth-order valence-electron chi connectivity index (χ4n) is 3.43. The summed E-state index contributed by atoms with van der Waals surface area (Å²) < 4.78 is 5.21. The van der Waals surface area contributed by atoms with Crippen LogP contribution in [-0.2, 0) is 0 Å². The molecule has 1 amide bonds. The van der Waals surface area contributed by atoms with E-state index in [1.54, 1.807) is 6.20 Å². The Bertz CT molecular complexity index is 664. The minimum absolute atomic E-state index is 0.0277. The highest BCUT2D eigenvalue weighted by Crippen LogP contribution is 2.29. The zero-order chi connectivity index (χ0) is 15.6. The lowest BCUT2D eigenvalue weighted by Crippen LogP contribution is -2.57. The molecule has 1 N–H and O–H groups in total. The van der Waals surface area contributed by atoms with E-state index in [9.17, 15) is 4.79 Å². The molecule has 0 radical (unpaired) electrons. The van der Waals surface area contributed by atoms with Crippen LogP contribution in [0.5, 0.6) is 0 Å². The number of benzene rings is 1. The number of carbonyl (C=O) groups is 1. The van der Waals surface area contributed by atoms with Crippen LogP contribution in [0.4, 0.5) is 0 Å². The van der Waals surface area contributed by atoms with Gasteiger partial charge in [0.15, 0.2) is 11.5 Å². The van der Waals surface area contributed by atoms with Crippen LogP contribution >= 0.6 is 11.8 Å². The van der Waals surface area contributed by atoms with Crippen molar-refractivity contribution in [2.45, 2.75) is 28.9 Å². The van der Waals surface area contributed by atoms with Gasteiger partial charge in [0.25, 0.3) is 5.91 Å². The second-order valence-electron chi connectivity index (χ2n) is 6.16. The van der Waals surface area contributed by atoms with Crippen molar-refractivity contribution in [2.75, 3.05) is 19.6 Å². The molecule has 1 atom stereocenters. The quantitative estimate of drug-likeness (QED) is 0.934. The number of aromatic nitrogens is 1. The fraction of sp³-hybridized carbons (Fsp3) is 0.412. The molecule has 0 spiro atoms. The van der Waals surface area contributed by atoms with Gasteiger partial charge in [-0.1, -0.05) is 11.8 Å². The lowest BCUT2D eigenvalue weighted by Gasteiger charge is -2.44. The summed E-state index contributed by atoms with van der Waals surface area (Å²) in [5, 5.41) is 3.96. The van der Waals surface area contributed by atoms with Crippen LogP contribution in [0.3, 0.4) is 0 Å². The average molecular weight is 329 g/mol. The minimum atomic E-state index is 0.0277. The average Bonchev–Trinajstić information content (AvgIpc) is 3.09. The third kappa shape index (κ3) is 3.28. The lowest BCUT2D eigenvalue weighted by molar-refractivity contribution is 0.0620. The first-order valence-electron chi connectivity index (χ1n) is 7.97. The molecule has 120 valence electrons. The van der Waals surface area contributed by atoms with Crippen LogP contribution in [0.15, 0.2) is 51.3 Å². The van der Waals surface area contributed by atoms with Gasteiger partial charge in [-0.05, 0) is 56.1 Å². The summed E-state index contributed by atoms with van der Waals surface area (Å²) in [6.07, 6.45) is 5.51. The van der Waals surface area contributed by atoms with Gasteiger partial charge in [-0.25, -0.2) is 4.98 Å². The summed E-state index contributed by atoms with van der Waals surface area (Å²) in [5.74, 6) is 0.671. The zero-order valence-electron chi connectivity index (χ0n) is 12.8. The maximum absolute atomic E-state index is 12.5. The number of oxazole rings is 1. The molecule has 3 fully saturated rings. The van der Waals surface area contributed by atoms with E-state index in [1.807, 2.05) is 24.3 Å². The molecule has 3 aliphatic rings. The molecule has 5 rings (SSSR count). The zero-order valence-corrected chi connectivity index (χ0v) is 13.6. The molecule has 2 bridgehead atoms. The molecule has 23 heavy (non-hydrogen) atoms. The van der Waals surface area contributed by atoms with Gasteiger partial charge in [-0.15, -0.1) is 0 Å². The van der Waals surface area contributed by atoms with Crippen LogP contribution in [0.25, 0.3) is 0 Å². The van der Waals surface area contributed by atoms with Gasteiger partial charge in [-0.3, -0.25) is 4.79 Å². The van der Waals surface area contributed by atoms with Gasteiger partial charge >= 0.3 is 0 Å². The summed E-state index contributed by atoms with van der Waals surface area (Å²) in [6.45, 7) is 3.37. The van der Waals surface area contributed by atoms with Crippen molar-refractivity contribution in [1.29, 1.82) is 0 Å². The molecule has 1 aromatic heterocycles. The Kier molecular flexibility index (Phi) is 4.10. The van der Waals surface area contributed by atoms with Gasteiger partial charge in [-0.2, -0.15) is 0 Å². The number of amides is 1. The Balaban J connectivity index is 1.38. The SMILES string of the molecule is O=C(NC1CN2CCC1CC2)c1ccc(Sc2cnco2)cc1. The summed E-state index contributed by atoms with van der Waals surface area (Å²) in [5.41, 5.74) is 0.711. The maximum Gasteiger partial charge on any atom is 0.251 e. The summed E-state index contributed by atoms with van der Waals surface area (Å²) in [6, 6.07) is 7.93. The number of fused-ring (bicyclic) bond motifs is 3. The predicted molar refractivity (Wildman–Crippen MR) is 87.5 cm³/mol. The monoisotopic (exact) mass is 329 g/mol. The van der Waals surface area contributed by atoms with Crippen molar-refractivity contribution in [3.8, 4) is 0 Å². The predicted octanol–water partition coefficient (Wildman–Crippen LogP) is 2.65. The van der Waals surface area contributed by atoms with E-state index >= 15 is 0 Å². The molecular formula is C17H19N3O2S. The minimum Gasteiger partial charge on any atom is -0.437 e. The van der Waals surface area contributed by atoms with Crippen molar-refractivity contribution in [2.24, 2.45) is 5.92 Å². The first-order chi connectivity index (χ1) is 11.3. The van der Waals surface area contributed by atoms with E-state index in [1.165, 1.54) is 44.1 Å². The number of hydrogen-bond donors (Lipinski definition) is 1. The molecule has 1 aromatic carbocycles. The summed E-state index contributed by atoms with van der Waals surface area (Å²) >= 11 is 1.49. The first-order valence-corrected chi connectivity index (χ1v) is 8.79. The summed E-state index contributed by atoms with van der Waals surface area (Å²) in [7, 11) is 0. The fourth-order valence-corrected chi connectivity index (χ4v) is 4.13. The van der Waals surface area contributed by atoms with Crippen molar-refractivity contribution in [1.82, 2.24) is 15.2 Å². The highest BCUT2D eigenvalue weighted by molar-refractivity contribution is 7.99. The Morgan fingerprint density at radius 2 is 2.04 bits per heavy atom. The van der Waals surface area contributed by atoms with Crippen molar-refractivity contribution >= 4 is 17.7 Å². The van der Waals surface area contributed by atoms with Gasteiger partial charge in [0.1, 0.15) is 0 Å². The number of piperidine rings is 3. The molecule has 0 aliphatic carbocycles. The topological polar surface area (TPSA) is 58.4 Å². The second kappa shape index (κ2) is 6.37. The largest absolute Gasteiger partial charge is 0.437 e. The van der Waals surface area contributed by atoms with Crippen LogP contribution in [0.1, 0.15) is 23.2 Å². The van der Waals surface area contributed by atoms with E-state index in [0.29, 0.717) is 17.5 Å². The van der Waals surface area contributed by atoms with Crippen molar-refractivity contribution in [3.05, 3.63) is 42.4 Å². The Labute approximate surface area is 139 Å². The molecule has 6 heteroatoms. The molecule has 4 heterocycles. The standard InChI is InChI=1S/C17H19N3O2S/c21-17(19-15-10-20-7-5-12(15)6-8-20)13-1-3-14(4-2-13)23-16-9-18-11-22-16/h1-4,9,11-12,15H,5-8,10H2,(H,19,21). The lowest BCUT2D eigenvalue weighted by atomic mass is 9.84. The van der Waals surface area contributed by atoms with Crippen LogP contribution in [-0.4, -0.2) is 41.5 Å². The van der Waals surface area contributed by atoms with Gasteiger partial charge in [0.2, 0.25) is 0 Å². The summed E-state index contributed by atoms with van der Waals surface area (Å²) in [4.78, 5) is 19.8. The molecule has 5 nitrogen and oxygen atoms in total. The molecule has 2 aromatic rings. The second-order valence-corrected chi connectivity index (χ2v) is 7.24. The van der Waals surface area contributed by atoms with Gasteiger partial charge in [0, 0.05) is 23.0 Å². The Morgan fingerprint density at radius 1 is 1.26 bits per heavy atom. The number of nitrogens with zero attached hydrogens (tertiary/aromatic N) is 2.